The van der Waals surface area contributed by atoms with Gasteiger partial charge in [0.1, 0.15) is 6.04 Å². The fraction of sp³-hybridized carbons (Fsp3) is 0.818. The van der Waals surface area contributed by atoms with Gasteiger partial charge >= 0.3 is 5.97 Å². The zero-order chi connectivity index (χ0) is 12.7. The summed E-state index contributed by atoms with van der Waals surface area (Å²) in [6.07, 6.45) is 0.985. The van der Waals surface area contributed by atoms with Crippen LogP contribution in [0.2, 0.25) is 0 Å². The van der Waals surface area contributed by atoms with Crippen molar-refractivity contribution in [2.45, 2.75) is 25.8 Å². The van der Waals surface area contributed by atoms with Crippen LogP contribution in [0, 0.1) is 0 Å². The number of aliphatic carboxylic acids is 1. The highest BCUT2D eigenvalue weighted by atomic mass is 16.4. The van der Waals surface area contributed by atoms with Crippen molar-refractivity contribution < 1.29 is 14.7 Å². The predicted molar refractivity (Wildman–Crippen MR) is 63.8 cm³/mol. The Balaban J connectivity index is 2.46. The topological polar surface area (TPSA) is 81.7 Å². The minimum atomic E-state index is -0.823. The Morgan fingerprint density at radius 2 is 2.29 bits per heavy atom. The molecule has 1 unspecified atom stereocenters. The maximum atomic E-state index is 11.9. The minimum absolute atomic E-state index is 0.00978. The molecule has 17 heavy (non-hydrogen) atoms. The summed E-state index contributed by atoms with van der Waals surface area (Å²) in [5, 5.41) is 14.7. The summed E-state index contributed by atoms with van der Waals surface area (Å²) in [7, 11) is 0. The van der Waals surface area contributed by atoms with Gasteiger partial charge in [-0.3, -0.25) is 14.5 Å². The van der Waals surface area contributed by atoms with E-state index in [2.05, 4.69) is 10.6 Å². The van der Waals surface area contributed by atoms with Gasteiger partial charge in [-0.05, 0) is 6.42 Å². The van der Waals surface area contributed by atoms with E-state index < -0.39 is 5.97 Å². The SMILES string of the molecule is CCCNC(=O)C1CNCCN1CCC(=O)O. The summed E-state index contributed by atoms with van der Waals surface area (Å²) in [5.41, 5.74) is 0. The molecule has 1 fully saturated rings. The third-order valence-electron chi connectivity index (χ3n) is 2.82. The third kappa shape index (κ3) is 4.70. The fourth-order valence-electron chi connectivity index (χ4n) is 1.88. The number of carboxylic acids is 1. The quantitative estimate of drug-likeness (QED) is 0.572. The molecule has 1 heterocycles. The van der Waals surface area contributed by atoms with Crippen molar-refractivity contribution >= 4 is 11.9 Å². The molecule has 0 saturated carbocycles. The van der Waals surface area contributed by atoms with Crippen LogP contribution in [0.25, 0.3) is 0 Å². The summed E-state index contributed by atoms with van der Waals surface area (Å²) in [6, 6.07) is -0.241. The second-order valence-electron chi connectivity index (χ2n) is 4.19. The maximum absolute atomic E-state index is 11.9. The van der Waals surface area contributed by atoms with E-state index in [1.807, 2.05) is 11.8 Å². The summed E-state index contributed by atoms with van der Waals surface area (Å²) >= 11 is 0. The van der Waals surface area contributed by atoms with Crippen LogP contribution in [0.15, 0.2) is 0 Å². The van der Waals surface area contributed by atoms with E-state index in [9.17, 15) is 9.59 Å². The number of nitrogens with zero attached hydrogens (tertiary/aromatic N) is 1. The molecule has 1 aliphatic rings. The van der Waals surface area contributed by atoms with Crippen molar-refractivity contribution in [2.75, 3.05) is 32.7 Å². The normalized spacial score (nSPS) is 21.1. The van der Waals surface area contributed by atoms with Gasteiger partial charge in [0.25, 0.3) is 0 Å². The van der Waals surface area contributed by atoms with Crippen LogP contribution < -0.4 is 10.6 Å². The Kier molecular flexibility index (Phi) is 5.93. The van der Waals surface area contributed by atoms with Crippen LogP contribution >= 0.6 is 0 Å². The van der Waals surface area contributed by atoms with E-state index in [-0.39, 0.29) is 18.4 Å². The molecular formula is C11H21N3O3. The van der Waals surface area contributed by atoms with Crippen LogP contribution in [0.3, 0.4) is 0 Å². The average Bonchev–Trinajstić information content (AvgIpc) is 2.33. The van der Waals surface area contributed by atoms with Crippen LogP contribution in [-0.2, 0) is 9.59 Å². The lowest BCUT2D eigenvalue weighted by Gasteiger charge is -2.34. The lowest BCUT2D eigenvalue weighted by molar-refractivity contribution is -0.138. The number of hydrogen-bond donors (Lipinski definition) is 3. The third-order valence-corrected chi connectivity index (χ3v) is 2.82. The van der Waals surface area contributed by atoms with Crippen molar-refractivity contribution in [3.8, 4) is 0 Å². The summed E-state index contributed by atoms with van der Waals surface area (Å²) in [4.78, 5) is 24.4. The first kappa shape index (κ1) is 13.9. The number of piperazine rings is 1. The molecule has 3 N–H and O–H groups in total. The van der Waals surface area contributed by atoms with Crippen molar-refractivity contribution in [2.24, 2.45) is 0 Å². The highest BCUT2D eigenvalue weighted by Crippen LogP contribution is 2.04. The van der Waals surface area contributed by atoms with Gasteiger partial charge < -0.3 is 15.7 Å². The molecule has 0 radical (unpaired) electrons. The van der Waals surface area contributed by atoms with Gasteiger partial charge in [0.05, 0.1) is 6.42 Å². The summed E-state index contributed by atoms with van der Waals surface area (Å²) < 4.78 is 0. The lowest BCUT2D eigenvalue weighted by atomic mass is 10.1. The Hall–Kier alpha value is -1.14. The van der Waals surface area contributed by atoms with Crippen LogP contribution in [0.5, 0.6) is 0 Å². The number of nitrogens with one attached hydrogen (secondary N) is 2. The first-order valence-corrected chi connectivity index (χ1v) is 6.09. The Bertz CT molecular complexity index is 271. The lowest BCUT2D eigenvalue weighted by Crippen LogP contribution is -2.58. The maximum Gasteiger partial charge on any atom is 0.304 e. The van der Waals surface area contributed by atoms with E-state index in [0.29, 0.717) is 19.6 Å². The van der Waals surface area contributed by atoms with Crippen molar-refractivity contribution in [1.29, 1.82) is 0 Å². The zero-order valence-electron chi connectivity index (χ0n) is 10.2. The monoisotopic (exact) mass is 243 g/mol. The molecule has 1 aliphatic heterocycles. The van der Waals surface area contributed by atoms with E-state index in [1.165, 1.54) is 0 Å². The van der Waals surface area contributed by atoms with Gasteiger partial charge in [0.2, 0.25) is 5.91 Å². The number of amides is 1. The van der Waals surface area contributed by atoms with Crippen LogP contribution in [-0.4, -0.2) is 60.6 Å². The highest BCUT2D eigenvalue weighted by molar-refractivity contribution is 5.82. The average molecular weight is 243 g/mol. The number of rotatable bonds is 6. The molecular weight excluding hydrogens is 222 g/mol. The Labute approximate surface area is 101 Å². The smallest absolute Gasteiger partial charge is 0.304 e. The van der Waals surface area contributed by atoms with Crippen molar-refractivity contribution in [1.82, 2.24) is 15.5 Å². The first-order chi connectivity index (χ1) is 8.15. The molecule has 98 valence electrons. The molecule has 0 bridgehead atoms. The molecule has 0 aromatic carbocycles. The van der Waals surface area contributed by atoms with Gasteiger partial charge in [-0.2, -0.15) is 0 Å². The molecule has 0 aromatic rings. The zero-order valence-corrected chi connectivity index (χ0v) is 10.2. The van der Waals surface area contributed by atoms with Gasteiger partial charge in [0, 0.05) is 32.7 Å². The van der Waals surface area contributed by atoms with Gasteiger partial charge in [-0.25, -0.2) is 0 Å². The molecule has 1 saturated heterocycles. The summed E-state index contributed by atoms with van der Waals surface area (Å²) in [5.74, 6) is -0.833. The molecule has 6 nitrogen and oxygen atoms in total. The molecule has 1 atom stereocenters. The van der Waals surface area contributed by atoms with Gasteiger partial charge in [-0.15, -0.1) is 0 Å². The number of carbonyl (C=O) groups excluding carboxylic acids is 1. The molecule has 1 amide bonds. The number of carboxylic acid groups (broad SMARTS) is 1. The van der Waals surface area contributed by atoms with Crippen LogP contribution in [0.1, 0.15) is 19.8 Å². The standard InChI is InChI=1S/C11H21N3O3/c1-2-4-13-11(17)9-8-12-5-7-14(9)6-3-10(15)16/h9,12H,2-8H2,1H3,(H,13,17)(H,15,16). The first-order valence-electron chi connectivity index (χ1n) is 6.09. The second kappa shape index (κ2) is 7.24. The van der Waals surface area contributed by atoms with Crippen LogP contribution in [0.4, 0.5) is 0 Å². The number of carbonyl (C=O) groups is 2. The van der Waals surface area contributed by atoms with Gasteiger partial charge in [-0.1, -0.05) is 6.92 Å². The molecule has 0 aromatic heterocycles. The predicted octanol–water partition coefficient (Wildman–Crippen LogP) is -0.739. The molecule has 6 heteroatoms. The van der Waals surface area contributed by atoms with E-state index in [1.54, 1.807) is 0 Å². The molecule has 1 rings (SSSR count). The van der Waals surface area contributed by atoms with E-state index in [4.69, 9.17) is 5.11 Å². The van der Waals surface area contributed by atoms with E-state index >= 15 is 0 Å². The van der Waals surface area contributed by atoms with E-state index in [0.717, 1.165) is 19.5 Å². The fourth-order valence-corrected chi connectivity index (χ4v) is 1.88. The second-order valence-corrected chi connectivity index (χ2v) is 4.19. The highest BCUT2D eigenvalue weighted by Gasteiger charge is 2.28. The number of hydrogen-bond acceptors (Lipinski definition) is 4. The minimum Gasteiger partial charge on any atom is -0.481 e. The molecule has 0 aliphatic carbocycles. The molecule has 0 spiro atoms. The summed E-state index contributed by atoms with van der Waals surface area (Å²) in [6.45, 7) is 5.22. The van der Waals surface area contributed by atoms with Crippen molar-refractivity contribution in [3.63, 3.8) is 0 Å². The Morgan fingerprint density at radius 1 is 1.53 bits per heavy atom. The Morgan fingerprint density at radius 3 is 2.94 bits per heavy atom. The largest absolute Gasteiger partial charge is 0.481 e. The van der Waals surface area contributed by atoms with Crippen molar-refractivity contribution in [3.05, 3.63) is 0 Å². The van der Waals surface area contributed by atoms with Gasteiger partial charge in [0.15, 0.2) is 0 Å².